The molecule has 1 aliphatic heterocycles. The monoisotopic (exact) mass is 271 g/mol. The summed E-state index contributed by atoms with van der Waals surface area (Å²) in [6.07, 6.45) is 2.57. The summed E-state index contributed by atoms with van der Waals surface area (Å²) in [5.41, 5.74) is 5.62. The average Bonchev–Trinajstić information content (AvgIpc) is 2.40. The van der Waals surface area contributed by atoms with Crippen molar-refractivity contribution in [3.05, 3.63) is 41.5 Å². The highest BCUT2D eigenvalue weighted by Crippen LogP contribution is 2.36. The van der Waals surface area contributed by atoms with Gasteiger partial charge in [0.15, 0.2) is 0 Å². The largest absolute Gasteiger partial charge is 0.372 e. The number of aryl methyl sites for hydroxylation is 2. The Hall–Kier alpha value is -1.24. The molecule has 0 aromatic heterocycles. The normalized spacial score (nSPS) is 17.4. The molecule has 0 atom stereocenters. The fourth-order valence-electron chi connectivity index (χ4n) is 3.12. The second-order valence-corrected chi connectivity index (χ2v) is 7.37. The minimum absolute atomic E-state index is 0.438. The number of benzene rings is 1. The predicted molar refractivity (Wildman–Crippen MR) is 88.7 cm³/mol. The number of nitrogens with zero attached hydrogens (tertiary/aromatic N) is 1. The van der Waals surface area contributed by atoms with E-state index in [0.717, 1.165) is 19.0 Å². The Balaban J connectivity index is 2.03. The highest BCUT2D eigenvalue weighted by Gasteiger charge is 2.29. The molecule has 0 amide bonds. The van der Waals surface area contributed by atoms with E-state index < -0.39 is 0 Å². The first-order valence-electron chi connectivity index (χ1n) is 7.80. The minimum atomic E-state index is 0.438. The van der Waals surface area contributed by atoms with Crippen LogP contribution in [0.5, 0.6) is 0 Å². The van der Waals surface area contributed by atoms with E-state index in [4.69, 9.17) is 0 Å². The molecule has 0 unspecified atom stereocenters. The second kappa shape index (κ2) is 5.63. The number of piperidine rings is 1. The lowest BCUT2D eigenvalue weighted by Crippen LogP contribution is -2.36. The van der Waals surface area contributed by atoms with Gasteiger partial charge in [0.1, 0.15) is 0 Å². The summed E-state index contributed by atoms with van der Waals surface area (Å²) in [4.78, 5) is 2.46. The van der Waals surface area contributed by atoms with E-state index in [0.29, 0.717) is 5.41 Å². The molecule has 1 aromatic rings. The Morgan fingerprint density at radius 1 is 1.10 bits per heavy atom. The number of hydrogen-bond acceptors (Lipinski definition) is 1. The van der Waals surface area contributed by atoms with E-state index in [9.17, 15) is 0 Å². The van der Waals surface area contributed by atoms with Gasteiger partial charge in [0.25, 0.3) is 0 Å². The molecule has 0 N–H and O–H groups in total. The van der Waals surface area contributed by atoms with Gasteiger partial charge in [-0.25, -0.2) is 0 Å². The van der Waals surface area contributed by atoms with E-state index in [2.05, 4.69) is 64.3 Å². The Labute approximate surface area is 124 Å². The lowest BCUT2D eigenvalue weighted by atomic mass is 9.75. The van der Waals surface area contributed by atoms with E-state index in [1.165, 1.54) is 35.2 Å². The molecule has 20 heavy (non-hydrogen) atoms. The minimum Gasteiger partial charge on any atom is -0.372 e. The van der Waals surface area contributed by atoms with Crippen LogP contribution >= 0.6 is 0 Å². The summed E-state index contributed by atoms with van der Waals surface area (Å²) in [6.45, 7) is 18.1. The zero-order chi connectivity index (χ0) is 14.9. The molecule has 2 rings (SSSR count). The molecule has 0 saturated carbocycles. The SMILES string of the molecule is C=C(c1ccc(C)c(C)c1)N1CCC(C(C)(C)C)CC1. The first kappa shape index (κ1) is 15.2. The van der Waals surface area contributed by atoms with Crippen LogP contribution in [0.1, 0.15) is 50.3 Å². The Kier molecular flexibility index (Phi) is 4.27. The average molecular weight is 271 g/mol. The van der Waals surface area contributed by atoms with Crippen LogP contribution in [0, 0.1) is 25.2 Å². The van der Waals surface area contributed by atoms with Gasteiger partial charge in [-0.1, -0.05) is 39.5 Å². The first-order chi connectivity index (χ1) is 9.29. The van der Waals surface area contributed by atoms with E-state index >= 15 is 0 Å². The van der Waals surface area contributed by atoms with Crippen molar-refractivity contribution in [1.29, 1.82) is 0 Å². The molecule has 0 radical (unpaired) electrons. The van der Waals surface area contributed by atoms with Crippen LogP contribution in [0.25, 0.3) is 5.70 Å². The molecule has 1 aliphatic rings. The topological polar surface area (TPSA) is 3.24 Å². The summed E-state index contributed by atoms with van der Waals surface area (Å²) in [5, 5.41) is 0. The molecule has 1 nitrogen and oxygen atoms in total. The smallest absolute Gasteiger partial charge is 0.0366 e. The fourth-order valence-corrected chi connectivity index (χ4v) is 3.12. The zero-order valence-corrected chi connectivity index (χ0v) is 13.8. The molecule has 0 bridgehead atoms. The first-order valence-corrected chi connectivity index (χ1v) is 7.80. The molecule has 1 heterocycles. The standard InChI is InChI=1S/C19H29N/c1-14-7-8-17(13-15(14)2)16(3)20-11-9-18(10-12-20)19(4,5)6/h7-8,13,18H,3,9-12H2,1-2,4-6H3. The lowest BCUT2D eigenvalue weighted by Gasteiger charge is -2.40. The molecule has 1 saturated heterocycles. The van der Waals surface area contributed by atoms with Crippen LogP contribution in [0.15, 0.2) is 24.8 Å². The summed E-state index contributed by atoms with van der Waals surface area (Å²) in [5.74, 6) is 0.839. The van der Waals surface area contributed by atoms with Gasteiger partial charge in [0.05, 0.1) is 0 Å². The van der Waals surface area contributed by atoms with Gasteiger partial charge in [-0.15, -0.1) is 0 Å². The Morgan fingerprint density at radius 2 is 1.70 bits per heavy atom. The van der Waals surface area contributed by atoms with Crippen LogP contribution in [0.2, 0.25) is 0 Å². The van der Waals surface area contributed by atoms with Gasteiger partial charge in [-0.05, 0) is 60.8 Å². The number of hydrogen-bond donors (Lipinski definition) is 0. The van der Waals surface area contributed by atoms with Crippen molar-refractivity contribution in [2.75, 3.05) is 13.1 Å². The van der Waals surface area contributed by atoms with Crippen molar-refractivity contribution in [3.8, 4) is 0 Å². The van der Waals surface area contributed by atoms with Crippen LogP contribution in [0.4, 0.5) is 0 Å². The molecule has 110 valence electrons. The molecule has 0 spiro atoms. The van der Waals surface area contributed by atoms with E-state index in [1.54, 1.807) is 0 Å². The van der Waals surface area contributed by atoms with Crippen LogP contribution in [-0.2, 0) is 0 Å². The molecule has 1 fully saturated rings. The number of likely N-dealkylation sites (tertiary alicyclic amines) is 1. The quantitative estimate of drug-likeness (QED) is 0.729. The van der Waals surface area contributed by atoms with E-state index in [1.807, 2.05) is 0 Å². The van der Waals surface area contributed by atoms with Crippen LogP contribution in [0.3, 0.4) is 0 Å². The third-order valence-corrected chi connectivity index (χ3v) is 4.94. The van der Waals surface area contributed by atoms with Crippen molar-refractivity contribution in [3.63, 3.8) is 0 Å². The summed E-state index contributed by atoms with van der Waals surface area (Å²) < 4.78 is 0. The Morgan fingerprint density at radius 3 is 2.20 bits per heavy atom. The molecular formula is C19H29N. The van der Waals surface area contributed by atoms with Crippen LogP contribution < -0.4 is 0 Å². The zero-order valence-electron chi connectivity index (χ0n) is 13.8. The second-order valence-electron chi connectivity index (χ2n) is 7.37. The maximum Gasteiger partial charge on any atom is 0.0366 e. The third-order valence-electron chi connectivity index (χ3n) is 4.94. The number of rotatable bonds is 2. The van der Waals surface area contributed by atoms with Crippen molar-refractivity contribution in [2.45, 2.75) is 47.5 Å². The van der Waals surface area contributed by atoms with Crippen molar-refractivity contribution >= 4 is 5.70 Å². The van der Waals surface area contributed by atoms with Gasteiger partial charge in [-0.2, -0.15) is 0 Å². The third kappa shape index (κ3) is 3.26. The van der Waals surface area contributed by atoms with Crippen molar-refractivity contribution in [2.24, 2.45) is 11.3 Å². The highest BCUT2D eigenvalue weighted by atomic mass is 15.1. The van der Waals surface area contributed by atoms with Gasteiger partial charge in [0.2, 0.25) is 0 Å². The van der Waals surface area contributed by atoms with Crippen LogP contribution in [-0.4, -0.2) is 18.0 Å². The summed E-state index contributed by atoms with van der Waals surface area (Å²) in [7, 11) is 0. The predicted octanol–water partition coefficient (Wildman–Crippen LogP) is 5.03. The van der Waals surface area contributed by atoms with Crippen molar-refractivity contribution in [1.82, 2.24) is 4.90 Å². The van der Waals surface area contributed by atoms with Gasteiger partial charge < -0.3 is 4.90 Å². The van der Waals surface area contributed by atoms with Gasteiger partial charge in [-0.3, -0.25) is 0 Å². The molecule has 1 heteroatoms. The van der Waals surface area contributed by atoms with Gasteiger partial charge in [0, 0.05) is 18.8 Å². The molecule has 0 aliphatic carbocycles. The lowest BCUT2D eigenvalue weighted by molar-refractivity contribution is 0.145. The Bertz CT molecular complexity index is 485. The van der Waals surface area contributed by atoms with E-state index in [-0.39, 0.29) is 0 Å². The maximum absolute atomic E-state index is 4.33. The highest BCUT2D eigenvalue weighted by molar-refractivity contribution is 5.63. The summed E-state index contributed by atoms with van der Waals surface area (Å²) in [6, 6.07) is 6.69. The maximum atomic E-state index is 4.33. The summed E-state index contributed by atoms with van der Waals surface area (Å²) >= 11 is 0. The molecular weight excluding hydrogens is 242 g/mol. The fraction of sp³-hybridized carbons (Fsp3) is 0.579. The molecule has 1 aromatic carbocycles. The van der Waals surface area contributed by atoms with Gasteiger partial charge >= 0.3 is 0 Å². The van der Waals surface area contributed by atoms with Crippen molar-refractivity contribution < 1.29 is 0 Å².